The summed E-state index contributed by atoms with van der Waals surface area (Å²) >= 11 is 0. The summed E-state index contributed by atoms with van der Waals surface area (Å²) in [5.74, 6) is 6.72. The summed E-state index contributed by atoms with van der Waals surface area (Å²) in [4.78, 5) is 0. The highest BCUT2D eigenvalue weighted by atomic mass is 15.5. The van der Waals surface area contributed by atoms with Crippen molar-refractivity contribution in [2.75, 3.05) is 11.6 Å². The van der Waals surface area contributed by atoms with E-state index >= 15 is 0 Å². The van der Waals surface area contributed by atoms with Gasteiger partial charge in [-0.15, -0.1) is 0 Å². The fourth-order valence-electron chi connectivity index (χ4n) is 1.66. The monoisotopic (exact) mass is 238 g/mol. The lowest BCUT2D eigenvalue weighted by Crippen LogP contribution is -2.43. The minimum absolute atomic E-state index is 0.390. The lowest BCUT2D eigenvalue weighted by Gasteiger charge is -2.29. The van der Waals surface area contributed by atoms with E-state index in [1.165, 1.54) is 0 Å². The Balaban J connectivity index is 0.000000686. The Bertz CT molecular complexity index is 356. The van der Waals surface area contributed by atoms with Crippen LogP contribution in [0.2, 0.25) is 0 Å². The van der Waals surface area contributed by atoms with Gasteiger partial charge in [0.05, 0.1) is 11.9 Å². The summed E-state index contributed by atoms with van der Waals surface area (Å²) in [5, 5.41) is 11.5. The van der Waals surface area contributed by atoms with Gasteiger partial charge in [0.1, 0.15) is 5.82 Å². The molecular formula is C11H22N6. The van der Waals surface area contributed by atoms with Crippen molar-refractivity contribution in [3.8, 4) is 0 Å². The van der Waals surface area contributed by atoms with E-state index in [-0.39, 0.29) is 0 Å². The van der Waals surface area contributed by atoms with Crippen LogP contribution in [0.3, 0.4) is 0 Å². The molecule has 0 bridgehead atoms. The zero-order valence-corrected chi connectivity index (χ0v) is 10.7. The molecule has 0 saturated carbocycles. The van der Waals surface area contributed by atoms with E-state index in [0.29, 0.717) is 12.6 Å². The Morgan fingerprint density at radius 2 is 2.18 bits per heavy atom. The predicted molar refractivity (Wildman–Crippen MR) is 69.9 cm³/mol. The highest BCUT2D eigenvalue weighted by Crippen LogP contribution is 2.19. The number of rotatable bonds is 2. The molecule has 0 aliphatic carbocycles. The van der Waals surface area contributed by atoms with Crippen LogP contribution in [0.4, 0.5) is 5.82 Å². The number of anilines is 1. The molecule has 96 valence electrons. The molecule has 6 heteroatoms. The van der Waals surface area contributed by atoms with Gasteiger partial charge in [-0.3, -0.25) is 10.1 Å². The molecule has 0 aromatic carbocycles. The number of aromatic amines is 1. The Morgan fingerprint density at radius 1 is 1.47 bits per heavy atom. The molecule has 6 N–H and O–H groups in total. The summed E-state index contributed by atoms with van der Waals surface area (Å²) in [6, 6.07) is 2.20. The highest BCUT2D eigenvalue weighted by molar-refractivity contribution is 5.44. The van der Waals surface area contributed by atoms with Gasteiger partial charge in [-0.25, -0.2) is 5.84 Å². The molecule has 1 unspecified atom stereocenters. The van der Waals surface area contributed by atoms with Gasteiger partial charge in [0, 0.05) is 30.8 Å². The fourth-order valence-corrected chi connectivity index (χ4v) is 1.66. The molecule has 1 aliphatic heterocycles. The third kappa shape index (κ3) is 3.21. The van der Waals surface area contributed by atoms with Crippen LogP contribution in [0.5, 0.6) is 0 Å². The summed E-state index contributed by atoms with van der Waals surface area (Å²) < 4.78 is 0. The molecule has 17 heavy (non-hydrogen) atoms. The van der Waals surface area contributed by atoms with Crippen molar-refractivity contribution in [3.05, 3.63) is 23.7 Å². The van der Waals surface area contributed by atoms with Gasteiger partial charge >= 0.3 is 0 Å². The van der Waals surface area contributed by atoms with Crippen LogP contribution in [-0.2, 0) is 0 Å². The molecule has 2 heterocycles. The van der Waals surface area contributed by atoms with E-state index in [1.54, 1.807) is 11.2 Å². The van der Waals surface area contributed by atoms with Gasteiger partial charge in [0.2, 0.25) is 0 Å². The third-order valence-electron chi connectivity index (χ3n) is 2.55. The van der Waals surface area contributed by atoms with Gasteiger partial charge in [-0.05, 0) is 6.92 Å². The number of nitrogens with one attached hydrogen (secondary N) is 2. The number of hydrogen-bond donors (Lipinski definition) is 4. The number of H-pyrrole nitrogens is 1. The Labute approximate surface area is 102 Å². The van der Waals surface area contributed by atoms with Crippen LogP contribution in [0.1, 0.15) is 27.2 Å². The van der Waals surface area contributed by atoms with Crippen molar-refractivity contribution in [1.29, 1.82) is 0 Å². The topological polar surface area (TPSA) is 96.0 Å². The zero-order chi connectivity index (χ0) is 12.8. The molecule has 0 saturated heterocycles. The molecule has 6 nitrogen and oxygen atoms in total. The SMILES string of the molecule is CC.CC1CC(N(N)c2ccn[nH]2)=C(N)CN1. The summed E-state index contributed by atoms with van der Waals surface area (Å²) in [6.07, 6.45) is 2.48. The first-order valence-corrected chi connectivity index (χ1v) is 5.93. The maximum atomic E-state index is 5.96. The number of aromatic nitrogens is 2. The molecule has 1 atom stereocenters. The second kappa shape index (κ2) is 6.27. The first-order valence-electron chi connectivity index (χ1n) is 5.93. The van der Waals surface area contributed by atoms with Crippen LogP contribution in [-0.4, -0.2) is 22.8 Å². The van der Waals surface area contributed by atoms with Crippen molar-refractivity contribution in [1.82, 2.24) is 15.5 Å². The normalized spacial score (nSPS) is 19.6. The van der Waals surface area contributed by atoms with Gasteiger partial charge in [0.15, 0.2) is 0 Å². The summed E-state index contributed by atoms with van der Waals surface area (Å²) in [5.41, 5.74) is 7.64. The molecule has 0 spiro atoms. The number of nitrogens with zero attached hydrogens (tertiary/aromatic N) is 2. The van der Waals surface area contributed by atoms with E-state index < -0.39 is 0 Å². The molecule has 0 amide bonds. The Hall–Kier alpha value is -1.53. The molecule has 2 rings (SSSR count). The molecular weight excluding hydrogens is 216 g/mol. The van der Waals surface area contributed by atoms with Gasteiger partial charge in [0.25, 0.3) is 0 Å². The Morgan fingerprint density at radius 3 is 2.76 bits per heavy atom. The van der Waals surface area contributed by atoms with Crippen molar-refractivity contribution in [2.24, 2.45) is 11.6 Å². The summed E-state index contributed by atoms with van der Waals surface area (Å²) in [6.45, 7) is 6.78. The predicted octanol–water partition coefficient (Wildman–Crippen LogP) is 0.668. The molecule has 0 fully saturated rings. The molecule has 0 radical (unpaired) electrons. The second-order valence-corrected chi connectivity index (χ2v) is 3.77. The van der Waals surface area contributed by atoms with Crippen LogP contribution < -0.4 is 21.9 Å². The van der Waals surface area contributed by atoms with E-state index in [4.69, 9.17) is 11.6 Å². The van der Waals surface area contributed by atoms with Crippen LogP contribution in [0.25, 0.3) is 0 Å². The van der Waals surface area contributed by atoms with Gasteiger partial charge in [-0.2, -0.15) is 5.10 Å². The van der Waals surface area contributed by atoms with Crippen molar-refractivity contribution >= 4 is 5.82 Å². The van der Waals surface area contributed by atoms with Crippen LogP contribution >= 0.6 is 0 Å². The van der Waals surface area contributed by atoms with Gasteiger partial charge < -0.3 is 11.1 Å². The molecule has 1 aliphatic rings. The standard InChI is InChI=1S/C9H16N6.C2H6/c1-6-4-8(7(10)5-12-6)15(11)9-2-3-13-14-9;1-2/h2-3,6,12H,4-5,10-11H2,1H3,(H,13,14);1-2H3. The van der Waals surface area contributed by atoms with Crippen molar-refractivity contribution < 1.29 is 0 Å². The second-order valence-electron chi connectivity index (χ2n) is 3.77. The smallest absolute Gasteiger partial charge is 0.142 e. The average Bonchev–Trinajstić information content (AvgIpc) is 2.88. The first kappa shape index (κ1) is 13.5. The summed E-state index contributed by atoms with van der Waals surface area (Å²) in [7, 11) is 0. The number of hydrazine groups is 1. The maximum Gasteiger partial charge on any atom is 0.142 e. The van der Waals surface area contributed by atoms with E-state index in [9.17, 15) is 0 Å². The van der Waals surface area contributed by atoms with Gasteiger partial charge in [-0.1, -0.05) is 13.8 Å². The lowest BCUT2D eigenvalue weighted by atomic mass is 10.1. The Kier molecular flexibility index (Phi) is 4.99. The molecule has 1 aromatic rings. The third-order valence-corrected chi connectivity index (χ3v) is 2.55. The quantitative estimate of drug-likeness (QED) is 0.448. The minimum Gasteiger partial charge on any atom is -0.400 e. The maximum absolute atomic E-state index is 5.96. The van der Waals surface area contributed by atoms with Crippen LogP contribution in [0.15, 0.2) is 23.7 Å². The highest BCUT2D eigenvalue weighted by Gasteiger charge is 2.20. The first-order chi connectivity index (χ1) is 8.18. The number of nitrogens with two attached hydrogens (primary N) is 2. The van der Waals surface area contributed by atoms with Crippen LogP contribution in [0, 0.1) is 0 Å². The molecule has 1 aromatic heterocycles. The largest absolute Gasteiger partial charge is 0.400 e. The fraction of sp³-hybridized carbons (Fsp3) is 0.545. The van der Waals surface area contributed by atoms with E-state index in [1.807, 2.05) is 19.9 Å². The van der Waals surface area contributed by atoms with E-state index in [2.05, 4.69) is 22.4 Å². The average molecular weight is 238 g/mol. The number of hydrogen-bond acceptors (Lipinski definition) is 5. The van der Waals surface area contributed by atoms with Crippen molar-refractivity contribution in [2.45, 2.75) is 33.2 Å². The van der Waals surface area contributed by atoms with Crippen molar-refractivity contribution in [3.63, 3.8) is 0 Å². The zero-order valence-electron chi connectivity index (χ0n) is 10.7. The minimum atomic E-state index is 0.390. The van der Waals surface area contributed by atoms with E-state index in [0.717, 1.165) is 23.6 Å². The lowest BCUT2D eigenvalue weighted by molar-refractivity contribution is 0.524.